The SMILES string of the molecule is Nc1ncnc2c1ncn2[C@@H]1O[C@@H]2COC(S)O[C@@H]3[C@H](O)[C@@H](COP(=O)(S)O[C@H]2[C@H]1F)O[C@H]3n1cnc2c(=O)[nH]ncc21. The van der Waals surface area contributed by atoms with Gasteiger partial charge >= 0.3 is 6.80 Å². The molecule has 0 spiro atoms. The number of alkyl halides is 1. The normalized spacial score (nSPS) is 37.2. The third-order valence-electron chi connectivity index (χ3n) is 7.25. The number of hydrogen-bond acceptors (Lipinski definition) is 16. The van der Waals surface area contributed by atoms with Crippen molar-refractivity contribution in [2.45, 2.75) is 54.8 Å². The van der Waals surface area contributed by atoms with E-state index in [1.165, 1.54) is 34.3 Å². The molecule has 7 heterocycles. The Hall–Kier alpha value is -2.72. The molecule has 0 amide bonds. The van der Waals surface area contributed by atoms with Crippen LogP contribution in [0, 0.1) is 0 Å². The van der Waals surface area contributed by atoms with E-state index in [1.807, 2.05) is 0 Å². The van der Waals surface area contributed by atoms with E-state index in [-0.39, 0.29) is 29.1 Å². The summed E-state index contributed by atoms with van der Waals surface area (Å²) in [5, 5.41) is 17.2. The molecular formula is C21H23FN9O9PS2. The number of thiol groups is 2. The number of hydrogen-bond donors (Lipinski definition) is 5. The number of anilines is 1. The van der Waals surface area contributed by atoms with Gasteiger partial charge in [-0.05, 0) is 0 Å². The van der Waals surface area contributed by atoms with Gasteiger partial charge in [-0.25, -0.2) is 34.0 Å². The molecule has 3 aliphatic heterocycles. The Morgan fingerprint density at radius 1 is 1.05 bits per heavy atom. The monoisotopic (exact) mass is 659 g/mol. The zero-order valence-corrected chi connectivity index (χ0v) is 24.2. The van der Waals surface area contributed by atoms with Gasteiger partial charge in [0.05, 0.1) is 37.6 Å². The van der Waals surface area contributed by atoms with E-state index in [9.17, 15) is 14.5 Å². The number of nitrogen functional groups attached to an aromatic ring is 1. The minimum Gasteiger partial charge on any atom is -0.387 e. The number of imidazole rings is 2. The fourth-order valence-electron chi connectivity index (χ4n) is 5.24. The van der Waals surface area contributed by atoms with E-state index >= 15 is 4.39 Å². The first-order valence-corrected chi connectivity index (χ1v) is 15.9. The highest BCUT2D eigenvalue weighted by Crippen LogP contribution is 2.57. The minimum atomic E-state index is -4.30. The molecule has 3 saturated heterocycles. The number of aliphatic hydroxyl groups excluding tert-OH is 1. The van der Waals surface area contributed by atoms with Crippen molar-refractivity contribution in [3.63, 3.8) is 0 Å². The lowest BCUT2D eigenvalue weighted by Crippen LogP contribution is -2.38. The van der Waals surface area contributed by atoms with Crippen molar-refractivity contribution in [3.05, 3.63) is 35.5 Å². The number of aromatic amines is 1. The molecular weight excluding hydrogens is 636 g/mol. The quantitative estimate of drug-likeness (QED) is 0.142. The fraction of sp³-hybridized carbons (Fsp3) is 0.524. The number of rotatable bonds is 2. The number of ether oxygens (including phenoxy) is 4. The van der Waals surface area contributed by atoms with Crippen molar-refractivity contribution < 1.29 is 42.1 Å². The third kappa shape index (κ3) is 5.12. The van der Waals surface area contributed by atoms with Gasteiger partial charge in [0.15, 0.2) is 35.6 Å². The molecule has 4 aromatic rings. The molecule has 230 valence electrons. The van der Waals surface area contributed by atoms with E-state index in [0.29, 0.717) is 5.52 Å². The molecule has 4 N–H and O–H groups in total. The molecule has 3 aliphatic rings. The average Bonchev–Trinajstić information content (AvgIpc) is 3.73. The Labute approximate surface area is 250 Å². The first-order chi connectivity index (χ1) is 20.6. The van der Waals surface area contributed by atoms with Crippen LogP contribution in [0.3, 0.4) is 0 Å². The topological polar surface area (TPSA) is 226 Å². The Morgan fingerprint density at radius 3 is 2.65 bits per heavy atom. The van der Waals surface area contributed by atoms with Crippen LogP contribution in [0.25, 0.3) is 22.2 Å². The first kappa shape index (κ1) is 29.0. The summed E-state index contributed by atoms with van der Waals surface area (Å²) in [6, 6.07) is 0. The summed E-state index contributed by atoms with van der Waals surface area (Å²) in [5.74, 6) is 0.0896. The number of nitrogens with two attached hydrogens (primary N) is 1. The largest absolute Gasteiger partial charge is 0.387 e. The van der Waals surface area contributed by atoms with Crippen molar-refractivity contribution in [1.82, 2.24) is 39.3 Å². The Kier molecular flexibility index (Phi) is 7.43. The van der Waals surface area contributed by atoms with Gasteiger partial charge in [-0.3, -0.25) is 23.0 Å². The van der Waals surface area contributed by atoms with Gasteiger partial charge in [-0.2, -0.15) is 5.10 Å². The molecule has 0 aromatic carbocycles. The number of aromatic nitrogens is 8. The number of H-pyrrole nitrogens is 1. The van der Waals surface area contributed by atoms with Gasteiger partial charge in [0.2, 0.25) is 5.62 Å². The summed E-state index contributed by atoms with van der Waals surface area (Å²) in [7, 11) is 0. The zero-order valence-electron chi connectivity index (χ0n) is 21.6. The van der Waals surface area contributed by atoms with E-state index < -0.39 is 73.7 Å². The summed E-state index contributed by atoms with van der Waals surface area (Å²) in [6.07, 6.45) is -5.50. The van der Waals surface area contributed by atoms with E-state index in [2.05, 4.69) is 55.0 Å². The maximum absolute atomic E-state index is 15.9. The predicted molar refractivity (Wildman–Crippen MR) is 148 cm³/mol. The van der Waals surface area contributed by atoms with Gasteiger partial charge in [0, 0.05) is 0 Å². The molecule has 2 unspecified atom stereocenters. The van der Waals surface area contributed by atoms with Crippen LogP contribution in [0.15, 0.2) is 30.0 Å². The number of halogens is 1. The van der Waals surface area contributed by atoms with E-state index in [0.717, 1.165) is 0 Å². The van der Waals surface area contributed by atoms with Crippen LogP contribution >= 0.6 is 31.7 Å². The lowest BCUT2D eigenvalue weighted by molar-refractivity contribution is -0.174. The van der Waals surface area contributed by atoms with Crippen molar-refractivity contribution in [2.24, 2.45) is 0 Å². The lowest BCUT2D eigenvalue weighted by Gasteiger charge is -2.26. The Balaban J connectivity index is 1.17. The van der Waals surface area contributed by atoms with E-state index in [4.69, 9.17) is 33.7 Å². The second kappa shape index (κ2) is 11.0. The van der Waals surface area contributed by atoms with Crippen molar-refractivity contribution in [2.75, 3.05) is 18.9 Å². The van der Waals surface area contributed by atoms with Crippen LogP contribution in [0.4, 0.5) is 10.2 Å². The van der Waals surface area contributed by atoms with Crippen LogP contribution in [0.2, 0.25) is 0 Å². The predicted octanol–water partition coefficient (Wildman–Crippen LogP) is 0.104. The minimum absolute atomic E-state index is 0.0763. The van der Waals surface area contributed by atoms with Crippen LogP contribution < -0.4 is 11.3 Å². The number of nitrogens with zero attached hydrogens (tertiary/aromatic N) is 7. The third-order valence-corrected chi connectivity index (χ3v) is 9.13. The molecule has 18 nitrogen and oxygen atoms in total. The summed E-state index contributed by atoms with van der Waals surface area (Å²) in [4.78, 5) is 28.4. The molecule has 0 radical (unpaired) electrons. The highest BCUT2D eigenvalue weighted by atomic mass is 32.7. The maximum atomic E-state index is 15.9. The van der Waals surface area contributed by atoms with Crippen molar-refractivity contribution in [1.29, 1.82) is 0 Å². The molecule has 0 saturated carbocycles. The molecule has 2 bridgehead atoms. The number of nitrogens with one attached hydrogen (secondary N) is 1. The summed E-state index contributed by atoms with van der Waals surface area (Å²) >= 11 is 8.37. The molecule has 4 aromatic heterocycles. The number of fused-ring (bicyclic) bond motifs is 5. The Bertz CT molecular complexity index is 1780. The van der Waals surface area contributed by atoms with Gasteiger partial charge in [0.1, 0.15) is 42.4 Å². The highest BCUT2D eigenvalue weighted by molar-refractivity contribution is 8.44. The van der Waals surface area contributed by atoms with Crippen LogP contribution in [-0.2, 0) is 32.6 Å². The summed E-state index contributed by atoms with van der Waals surface area (Å²) in [6.45, 7) is -5.16. The van der Waals surface area contributed by atoms with Crippen LogP contribution in [-0.4, -0.2) is 99.9 Å². The number of aliphatic hydroxyl groups is 1. The van der Waals surface area contributed by atoms with Crippen molar-refractivity contribution in [3.8, 4) is 0 Å². The molecule has 7 rings (SSSR count). The lowest BCUT2D eigenvalue weighted by atomic mass is 10.1. The Morgan fingerprint density at radius 2 is 1.81 bits per heavy atom. The maximum Gasteiger partial charge on any atom is 0.386 e. The standard InChI is InChI=1S/C21H23FN9O9PS2/c22-10-14-9(38-19(10)31-6-27-12-16(23)24-4-25-17(12)31)2-35-21(42)39-15-13(32)8(3-36-41(34,43)40-14)37-20(15)30-5-26-11-7(30)1-28-29-18(11)33/h1,4-6,8-10,13-15,19-21,32,42H,2-3H2,(H,29,33)(H,34,43)(H2,23,24,25)/t8-,9-,10-,13-,14-,15-,19-,20-,21?,41?/m1/s1. The molecule has 0 aliphatic carbocycles. The van der Waals surface area contributed by atoms with Crippen molar-refractivity contribution >= 4 is 59.7 Å². The first-order valence-electron chi connectivity index (χ1n) is 12.7. The molecule has 43 heavy (non-hydrogen) atoms. The second-order valence-corrected chi connectivity index (χ2v) is 13.1. The van der Waals surface area contributed by atoms with Gasteiger partial charge < -0.3 is 29.8 Å². The summed E-state index contributed by atoms with van der Waals surface area (Å²) in [5.41, 5.74) is 4.83. The molecule has 22 heteroatoms. The van der Waals surface area contributed by atoms with E-state index in [1.54, 1.807) is 0 Å². The molecule has 3 fully saturated rings. The summed E-state index contributed by atoms with van der Waals surface area (Å²) < 4.78 is 66.6. The second-order valence-electron chi connectivity index (χ2n) is 9.81. The average molecular weight is 660 g/mol. The zero-order chi connectivity index (χ0) is 30.0. The van der Waals surface area contributed by atoms with Gasteiger partial charge in [-0.1, -0.05) is 12.2 Å². The van der Waals surface area contributed by atoms with Gasteiger partial charge in [0.25, 0.3) is 5.56 Å². The fourth-order valence-corrected chi connectivity index (χ4v) is 6.95. The smallest absolute Gasteiger partial charge is 0.386 e. The molecule has 10 atom stereocenters. The highest BCUT2D eigenvalue weighted by Gasteiger charge is 2.52. The van der Waals surface area contributed by atoms with Crippen LogP contribution in [0.1, 0.15) is 12.5 Å². The van der Waals surface area contributed by atoms with Gasteiger partial charge in [-0.15, -0.1) is 12.6 Å². The van der Waals surface area contributed by atoms with Crippen LogP contribution in [0.5, 0.6) is 0 Å².